The largest absolute Gasteiger partial charge is 0.295 e. The van der Waals surface area contributed by atoms with Crippen molar-refractivity contribution >= 4 is 38.9 Å². The zero-order valence-corrected chi connectivity index (χ0v) is 12.4. The van der Waals surface area contributed by atoms with Crippen molar-refractivity contribution in [1.29, 1.82) is 0 Å². The van der Waals surface area contributed by atoms with Crippen LogP contribution in [0.5, 0.6) is 0 Å². The zero-order chi connectivity index (χ0) is 12.3. The maximum Gasteiger partial charge on any atom is 0.207 e. The molecule has 0 atom stereocenters. The van der Waals surface area contributed by atoms with Gasteiger partial charge in [-0.2, -0.15) is 0 Å². The molecule has 17 heavy (non-hydrogen) atoms. The first-order valence-electron chi connectivity index (χ1n) is 5.04. The molecule has 0 bridgehead atoms. The minimum atomic E-state index is 0.497. The number of nitrogens with zero attached hydrogens (tertiary/aromatic N) is 3. The van der Waals surface area contributed by atoms with Crippen LogP contribution in [0.25, 0.3) is 0 Å². The Kier molecular flexibility index (Phi) is 4.50. The van der Waals surface area contributed by atoms with Crippen molar-refractivity contribution in [2.24, 2.45) is 0 Å². The summed E-state index contributed by atoms with van der Waals surface area (Å²) in [6, 6.07) is 8.30. The van der Waals surface area contributed by atoms with Crippen molar-refractivity contribution < 1.29 is 0 Å². The molecule has 0 unspecified atom stereocenters. The van der Waals surface area contributed by atoms with Gasteiger partial charge in [-0.1, -0.05) is 39.4 Å². The molecular formula is C11H11BrClN3S. The number of halogens is 2. The molecule has 2 aromatic rings. The average Bonchev–Trinajstić information content (AvgIpc) is 2.67. The van der Waals surface area contributed by atoms with Gasteiger partial charge in [0.1, 0.15) is 5.01 Å². The fourth-order valence-corrected chi connectivity index (χ4v) is 2.70. The molecule has 6 heteroatoms. The fourth-order valence-electron chi connectivity index (χ4n) is 1.49. The normalized spacial score (nSPS) is 11.1. The highest BCUT2D eigenvalue weighted by Crippen LogP contribution is 2.17. The van der Waals surface area contributed by atoms with E-state index >= 15 is 0 Å². The van der Waals surface area contributed by atoms with Gasteiger partial charge in [0.25, 0.3) is 0 Å². The summed E-state index contributed by atoms with van der Waals surface area (Å²) in [7, 11) is 2.05. The van der Waals surface area contributed by atoms with Crippen molar-refractivity contribution in [2.75, 3.05) is 7.05 Å². The second-order valence-electron chi connectivity index (χ2n) is 3.75. The summed E-state index contributed by atoms with van der Waals surface area (Å²) in [5, 5.41) is 8.73. The van der Waals surface area contributed by atoms with E-state index in [4.69, 9.17) is 11.6 Å². The van der Waals surface area contributed by atoms with Crippen molar-refractivity contribution in [3.63, 3.8) is 0 Å². The summed E-state index contributed by atoms with van der Waals surface area (Å²) in [6.45, 7) is 1.64. The summed E-state index contributed by atoms with van der Waals surface area (Å²) in [4.78, 5) is 2.18. The molecule has 90 valence electrons. The van der Waals surface area contributed by atoms with E-state index in [1.165, 1.54) is 16.9 Å². The third kappa shape index (κ3) is 4.03. The Morgan fingerprint density at radius 2 is 1.94 bits per heavy atom. The van der Waals surface area contributed by atoms with Crippen LogP contribution in [0, 0.1) is 0 Å². The minimum Gasteiger partial charge on any atom is -0.295 e. The molecule has 3 nitrogen and oxygen atoms in total. The van der Waals surface area contributed by atoms with Crippen LogP contribution in [0.4, 0.5) is 0 Å². The third-order valence-corrected chi connectivity index (χ3v) is 3.75. The van der Waals surface area contributed by atoms with Gasteiger partial charge in [-0.15, -0.1) is 10.2 Å². The summed E-state index contributed by atoms with van der Waals surface area (Å²) in [5.41, 5.74) is 1.27. The smallest absolute Gasteiger partial charge is 0.207 e. The molecule has 0 radical (unpaired) electrons. The van der Waals surface area contributed by atoms with Crippen molar-refractivity contribution in [3.8, 4) is 0 Å². The average molecular weight is 333 g/mol. The van der Waals surface area contributed by atoms with Crippen LogP contribution < -0.4 is 0 Å². The molecule has 0 spiro atoms. The van der Waals surface area contributed by atoms with Crippen LogP contribution in [0.1, 0.15) is 10.6 Å². The Morgan fingerprint density at radius 3 is 2.53 bits per heavy atom. The number of rotatable bonds is 4. The molecule has 0 aliphatic heterocycles. The van der Waals surface area contributed by atoms with Crippen molar-refractivity contribution in [3.05, 3.63) is 43.8 Å². The molecule has 0 amide bonds. The Morgan fingerprint density at radius 1 is 1.24 bits per heavy atom. The Labute approximate surface area is 118 Å². The SMILES string of the molecule is CN(Cc1ccc(Br)cc1)Cc1nnc(Cl)s1. The number of hydrogen-bond acceptors (Lipinski definition) is 4. The predicted octanol–water partition coefficient (Wildman–Crippen LogP) is 3.59. The first-order chi connectivity index (χ1) is 8.13. The first kappa shape index (κ1) is 13.0. The van der Waals surface area contributed by atoms with Crippen molar-refractivity contribution in [1.82, 2.24) is 15.1 Å². The van der Waals surface area contributed by atoms with E-state index in [0.29, 0.717) is 4.47 Å². The number of hydrogen-bond donors (Lipinski definition) is 0. The molecule has 0 N–H and O–H groups in total. The lowest BCUT2D eigenvalue weighted by molar-refractivity contribution is 0.317. The summed E-state index contributed by atoms with van der Waals surface area (Å²) >= 11 is 10.6. The van der Waals surface area contributed by atoms with Gasteiger partial charge in [0.15, 0.2) is 0 Å². The van der Waals surface area contributed by atoms with E-state index in [2.05, 4.69) is 50.2 Å². The highest BCUT2D eigenvalue weighted by molar-refractivity contribution is 9.10. The summed E-state index contributed by atoms with van der Waals surface area (Å²) in [6.07, 6.45) is 0. The molecule has 0 saturated heterocycles. The minimum absolute atomic E-state index is 0.497. The molecule has 0 fully saturated rings. The predicted molar refractivity (Wildman–Crippen MR) is 74.2 cm³/mol. The monoisotopic (exact) mass is 331 g/mol. The molecule has 1 aromatic carbocycles. The third-order valence-electron chi connectivity index (χ3n) is 2.21. The van der Waals surface area contributed by atoms with Gasteiger partial charge in [0.2, 0.25) is 4.47 Å². The van der Waals surface area contributed by atoms with E-state index in [-0.39, 0.29) is 0 Å². The van der Waals surface area contributed by atoms with E-state index in [1.807, 2.05) is 12.1 Å². The second-order valence-corrected chi connectivity index (χ2v) is 6.31. The highest BCUT2D eigenvalue weighted by Gasteiger charge is 2.06. The van der Waals surface area contributed by atoms with Crippen LogP contribution in [0.15, 0.2) is 28.7 Å². The molecule has 1 aromatic heterocycles. The van der Waals surface area contributed by atoms with E-state index in [9.17, 15) is 0 Å². The molecule has 0 aliphatic rings. The van der Waals surface area contributed by atoms with Crippen molar-refractivity contribution in [2.45, 2.75) is 13.1 Å². The molecule has 0 saturated carbocycles. The Bertz CT molecular complexity index is 486. The summed E-state index contributed by atoms with van der Waals surface area (Å²) in [5.74, 6) is 0. The highest BCUT2D eigenvalue weighted by atomic mass is 79.9. The quantitative estimate of drug-likeness (QED) is 0.857. The van der Waals surface area contributed by atoms with E-state index in [0.717, 1.165) is 22.6 Å². The topological polar surface area (TPSA) is 29.0 Å². The molecular weight excluding hydrogens is 322 g/mol. The number of benzene rings is 1. The molecule has 2 rings (SSSR count). The van der Waals surface area contributed by atoms with Gasteiger partial charge in [-0.25, -0.2) is 0 Å². The van der Waals surface area contributed by atoms with E-state index < -0.39 is 0 Å². The van der Waals surface area contributed by atoms with Crippen LogP contribution in [-0.2, 0) is 13.1 Å². The van der Waals surface area contributed by atoms with Crippen LogP contribution in [-0.4, -0.2) is 22.1 Å². The summed E-state index contributed by atoms with van der Waals surface area (Å²) < 4.78 is 1.59. The zero-order valence-electron chi connectivity index (χ0n) is 9.23. The second kappa shape index (κ2) is 5.91. The van der Waals surface area contributed by atoms with Gasteiger partial charge in [-0.05, 0) is 36.3 Å². The Balaban J connectivity index is 1.93. The Hall–Kier alpha value is -0.490. The van der Waals surface area contributed by atoms with Crippen LogP contribution in [0.3, 0.4) is 0 Å². The molecule has 1 heterocycles. The molecule has 0 aliphatic carbocycles. The lowest BCUT2D eigenvalue weighted by Crippen LogP contribution is -2.17. The van der Waals surface area contributed by atoms with Gasteiger partial charge < -0.3 is 0 Å². The fraction of sp³-hybridized carbons (Fsp3) is 0.273. The standard InChI is InChI=1S/C11H11BrClN3S/c1-16(7-10-14-15-11(13)17-10)6-8-2-4-9(12)5-3-8/h2-5H,6-7H2,1H3. The lowest BCUT2D eigenvalue weighted by Gasteiger charge is -2.14. The number of aromatic nitrogens is 2. The van der Waals surface area contributed by atoms with Gasteiger partial charge >= 0.3 is 0 Å². The van der Waals surface area contributed by atoms with Crippen LogP contribution in [0.2, 0.25) is 4.47 Å². The van der Waals surface area contributed by atoms with Gasteiger partial charge in [-0.3, -0.25) is 4.90 Å². The maximum absolute atomic E-state index is 5.74. The van der Waals surface area contributed by atoms with E-state index in [1.54, 1.807) is 0 Å². The van der Waals surface area contributed by atoms with Gasteiger partial charge in [0.05, 0.1) is 6.54 Å². The maximum atomic E-state index is 5.74. The van der Waals surface area contributed by atoms with Crippen LogP contribution >= 0.6 is 38.9 Å². The first-order valence-corrected chi connectivity index (χ1v) is 7.03. The lowest BCUT2D eigenvalue weighted by atomic mass is 10.2. The van der Waals surface area contributed by atoms with Gasteiger partial charge in [0, 0.05) is 11.0 Å².